The first kappa shape index (κ1) is 17.2. The molecule has 0 spiro atoms. The predicted molar refractivity (Wildman–Crippen MR) is 94.4 cm³/mol. The van der Waals surface area contributed by atoms with Gasteiger partial charge >= 0.3 is 5.63 Å². The van der Waals surface area contributed by atoms with Crippen molar-refractivity contribution in [2.24, 2.45) is 0 Å². The molecule has 1 heterocycles. The maximum Gasteiger partial charge on any atom is 0.340 e. The Morgan fingerprint density at radius 2 is 2.04 bits per heavy atom. The Kier molecular flexibility index (Phi) is 4.90. The van der Waals surface area contributed by atoms with E-state index in [2.05, 4.69) is 15.9 Å². The summed E-state index contributed by atoms with van der Waals surface area (Å²) in [6.07, 6.45) is -0.467. The molecule has 0 bridgehead atoms. The second-order valence-corrected chi connectivity index (χ2v) is 6.53. The molecule has 0 fully saturated rings. The molecule has 0 unspecified atom stereocenters. The van der Waals surface area contributed by atoms with E-state index in [0.29, 0.717) is 28.9 Å². The molecule has 0 aliphatic carbocycles. The van der Waals surface area contributed by atoms with E-state index < -0.39 is 18.0 Å². The molecule has 0 aliphatic rings. The Labute approximate surface area is 152 Å². The summed E-state index contributed by atoms with van der Waals surface area (Å²) in [6, 6.07) is 12.9. The number of benzene rings is 2. The van der Waals surface area contributed by atoms with Gasteiger partial charge in [0.05, 0.1) is 0 Å². The van der Waals surface area contributed by atoms with E-state index in [9.17, 15) is 14.7 Å². The number of aliphatic carboxylic acids is 1. The molecule has 3 aromatic rings. The summed E-state index contributed by atoms with van der Waals surface area (Å²) in [5.74, 6) is -0.758. The normalized spacial score (nSPS) is 10.8. The molecule has 128 valence electrons. The molecule has 0 saturated heterocycles. The molecule has 3 rings (SSSR count). The molecule has 2 aromatic carbocycles. The van der Waals surface area contributed by atoms with Crippen molar-refractivity contribution < 1.29 is 19.1 Å². The van der Waals surface area contributed by atoms with E-state index in [0.717, 1.165) is 10.0 Å². The zero-order valence-corrected chi connectivity index (χ0v) is 15.0. The number of ether oxygens (including phenoxy) is 1. The van der Waals surface area contributed by atoms with Crippen LogP contribution >= 0.6 is 15.9 Å². The molecule has 0 aliphatic heterocycles. The van der Waals surface area contributed by atoms with Crippen molar-refractivity contribution >= 4 is 32.9 Å². The molecule has 1 aromatic heterocycles. The topological polar surface area (TPSA) is 79.6 Å². The number of carbonyl (C=O) groups is 1. The van der Waals surface area contributed by atoms with E-state index >= 15 is 0 Å². The third kappa shape index (κ3) is 3.91. The monoisotopic (exact) mass is 401 g/mol. The minimum Gasteiger partial charge on any atom is -0.550 e. The van der Waals surface area contributed by atoms with Crippen molar-refractivity contribution in [1.82, 2.24) is 0 Å². The number of halogens is 1. The van der Waals surface area contributed by atoms with E-state index in [4.69, 9.17) is 9.15 Å². The lowest BCUT2D eigenvalue weighted by Gasteiger charge is -2.10. The van der Waals surface area contributed by atoms with Crippen LogP contribution in [0.3, 0.4) is 0 Å². The maximum atomic E-state index is 12.0. The number of aryl methyl sites for hydroxylation is 1. The second kappa shape index (κ2) is 7.11. The molecule has 5 nitrogen and oxygen atoms in total. The van der Waals surface area contributed by atoms with Gasteiger partial charge in [0.2, 0.25) is 0 Å². The van der Waals surface area contributed by atoms with Gasteiger partial charge in [-0.2, -0.15) is 0 Å². The average Bonchev–Trinajstić information content (AvgIpc) is 2.56. The van der Waals surface area contributed by atoms with E-state index in [-0.39, 0.29) is 5.56 Å². The summed E-state index contributed by atoms with van der Waals surface area (Å²) >= 11 is 3.41. The van der Waals surface area contributed by atoms with Gasteiger partial charge in [-0.3, -0.25) is 0 Å². The highest BCUT2D eigenvalue weighted by Crippen LogP contribution is 2.25. The van der Waals surface area contributed by atoms with Gasteiger partial charge in [0.15, 0.2) is 0 Å². The van der Waals surface area contributed by atoms with Crippen LogP contribution in [0.25, 0.3) is 11.0 Å². The first-order valence-electron chi connectivity index (χ1n) is 7.57. The Bertz CT molecular complexity index is 1010. The van der Waals surface area contributed by atoms with Crippen LogP contribution in [0.15, 0.2) is 56.1 Å². The summed E-state index contributed by atoms with van der Waals surface area (Å²) < 4.78 is 12.0. The molecule has 0 atom stereocenters. The number of carbonyl (C=O) groups excluding carboxylic acids is 1. The summed E-state index contributed by atoms with van der Waals surface area (Å²) in [4.78, 5) is 22.8. The number of hydrogen-bond donors (Lipinski definition) is 0. The second-order valence-electron chi connectivity index (χ2n) is 5.62. The molecule has 25 heavy (non-hydrogen) atoms. The highest BCUT2D eigenvalue weighted by Gasteiger charge is 2.12. The summed E-state index contributed by atoms with van der Waals surface area (Å²) in [5.41, 5.74) is 1.37. The van der Waals surface area contributed by atoms with Gasteiger partial charge in [-0.15, -0.1) is 0 Å². The maximum absolute atomic E-state index is 12.0. The fraction of sp³-hybridized carbons (Fsp3) is 0.158. The van der Waals surface area contributed by atoms with Crippen LogP contribution in [0.4, 0.5) is 0 Å². The van der Waals surface area contributed by atoms with E-state index in [1.807, 2.05) is 24.3 Å². The standard InChI is InChI=1S/C19H15BrO5/c1-11-15-6-5-14(24-10-12-3-2-4-13(20)7-12)8-17(15)25-19(23)16(11)9-18(21)22/h2-8H,9-10H2,1H3,(H,21,22)/p-1. The third-order valence-electron chi connectivity index (χ3n) is 3.87. The largest absolute Gasteiger partial charge is 0.550 e. The van der Waals surface area contributed by atoms with Gasteiger partial charge in [-0.25, -0.2) is 4.79 Å². The van der Waals surface area contributed by atoms with E-state index in [1.54, 1.807) is 25.1 Å². The molecule has 0 radical (unpaired) electrons. The Morgan fingerprint density at radius 1 is 1.24 bits per heavy atom. The summed E-state index contributed by atoms with van der Waals surface area (Å²) in [6.45, 7) is 2.07. The first-order chi connectivity index (χ1) is 11.9. The van der Waals surface area contributed by atoms with Crippen LogP contribution in [-0.2, 0) is 17.8 Å². The van der Waals surface area contributed by atoms with Crippen molar-refractivity contribution in [2.75, 3.05) is 0 Å². The third-order valence-corrected chi connectivity index (χ3v) is 4.37. The number of fused-ring (bicyclic) bond motifs is 1. The van der Waals surface area contributed by atoms with Gasteiger partial charge in [0.1, 0.15) is 17.9 Å². The van der Waals surface area contributed by atoms with Crippen LogP contribution in [0, 0.1) is 6.92 Å². The summed E-state index contributed by atoms with van der Waals surface area (Å²) in [7, 11) is 0. The van der Waals surface area contributed by atoms with Crippen molar-refractivity contribution in [1.29, 1.82) is 0 Å². The molecule has 6 heteroatoms. The van der Waals surface area contributed by atoms with Crippen LogP contribution in [0.1, 0.15) is 16.7 Å². The molecular formula is C19H14BrO5-. The van der Waals surface area contributed by atoms with Crippen LogP contribution < -0.4 is 15.5 Å². The van der Waals surface area contributed by atoms with Crippen molar-refractivity contribution in [3.05, 3.63) is 74.0 Å². The molecule has 0 saturated carbocycles. The van der Waals surface area contributed by atoms with Crippen LogP contribution in [0.2, 0.25) is 0 Å². The van der Waals surface area contributed by atoms with Gasteiger partial charge in [0.25, 0.3) is 0 Å². The molecule has 0 amide bonds. The van der Waals surface area contributed by atoms with Crippen molar-refractivity contribution in [2.45, 2.75) is 20.0 Å². The van der Waals surface area contributed by atoms with Gasteiger partial charge in [-0.05, 0) is 42.3 Å². The minimum absolute atomic E-state index is 0.107. The number of hydrogen-bond acceptors (Lipinski definition) is 5. The lowest BCUT2D eigenvalue weighted by molar-refractivity contribution is -0.304. The van der Waals surface area contributed by atoms with Gasteiger partial charge in [-0.1, -0.05) is 28.1 Å². The Balaban J connectivity index is 1.90. The van der Waals surface area contributed by atoms with Gasteiger partial charge in [0, 0.05) is 33.9 Å². The van der Waals surface area contributed by atoms with Gasteiger partial charge < -0.3 is 19.1 Å². The molecule has 0 N–H and O–H groups in total. The first-order valence-corrected chi connectivity index (χ1v) is 8.37. The minimum atomic E-state index is -1.32. The lowest BCUT2D eigenvalue weighted by Crippen LogP contribution is -2.27. The van der Waals surface area contributed by atoms with Crippen LogP contribution in [0.5, 0.6) is 5.75 Å². The summed E-state index contributed by atoms with van der Waals surface area (Å²) in [5, 5.41) is 11.5. The zero-order valence-electron chi connectivity index (χ0n) is 13.4. The smallest absolute Gasteiger partial charge is 0.340 e. The fourth-order valence-electron chi connectivity index (χ4n) is 2.61. The van der Waals surface area contributed by atoms with Crippen molar-refractivity contribution in [3.8, 4) is 5.75 Å². The highest BCUT2D eigenvalue weighted by atomic mass is 79.9. The average molecular weight is 402 g/mol. The van der Waals surface area contributed by atoms with Crippen LogP contribution in [-0.4, -0.2) is 5.97 Å². The Hall–Kier alpha value is -2.60. The molecular weight excluding hydrogens is 388 g/mol. The highest BCUT2D eigenvalue weighted by molar-refractivity contribution is 9.10. The van der Waals surface area contributed by atoms with E-state index in [1.165, 1.54) is 0 Å². The number of rotatable bonds is 5. The SMILES string of the molecule is Cc1c(CC(=O)[O-])c(=O)oc2cc(OCc3cccc(Br)c3)ccc12. The number of carboxylic acids is 1. The predicted octanol–water partition coefficient (Wildman–Crippen LogP) is 2.74. The quantitative estimate of drug-likeness (QED) is 0.614. The fourth-order valence-corrected chi connectivity index (χ4v) is 3.05. The lowest BCUT2D eigenvalue weighted by atomic mass is 10.0. The number of carboxylic acid groups (broad SMARTS) is 1. The Morgan fingerprint density at radius 3 is 2.76 bits per heavy atom. The van der Waals surface area contributed by atoms with Crippen molar-refractivity contribution in [3.63, 3.8) is 0 Å². The zero-order chi connectivity index (χ0) is 18.0.